The SMILES string of the molecule is COc1c(C(O)c2c(F)cccc2F)ccc(C)c1C. The predicted molar refractivity (Wildman–Crippen MR) is 72.9 cm³/mol. The molecule has 1 unspecified atom stereocenters. The van der Waals surface area contributed by atoms with Crippen molar-refractivity contribution in [2.45, 2.75) is 20.0 Å². The molecule has 1 N–H and O–H groups in total. The van der Waals surface area contributed by atoms with Crippen LogP contribution in [-0.2, 0) is 0 Å². The van der Waals surface area contributed by atoms with Crippen LogP contribution in [0.4, 0.5) is 8.78 Å². The molecule has 0 aliphatic rings. The summed E-state index contributed by atoms with van der Waals surface area (Å²) in [5, 5.41) is 10.3. The van der Waals surface area contributed by atoms with Crippen molar-refractivity contribution >= 4 is 0 Å². The summed E-state index contributed by atoms with van der Waals surface area (Å²) in [7, 11) is 1.47. The maximum Gasteiger partial charge on any atom is 0.132 e. The Morgan fingerprint density at radius 1 is 1.05 bits per heavy atom. The molecule has 0 aromatic heterocycles. The lowest BCUT2D eigenvalue weighted by Crippen LogP contribution is -2.08. The van der Waals surface area contributed by atoms with Gasteiger partial charge in [-0.25, -0.2) is 8.78 Å². The molecule has 0 amide bonds. The zero-order chi connectivity index (χ0) is 14.9. The number of aliphatic hydroxyl groups is 1. The number of methoxy groups -OCH3 is 1. The molecule has 0 aliphatic heterocycles. The molecule has 0 heterocycles. The lowest BCUT2D eigenvalue weighted by Gasteiger charge is -2.19. The Hall–Kier alpha value is -1.94. The van der Waals surface area contributed by atoms with E-state index in [1.165, 1.54) is 13.2 Å². The van der Waals surface area contributed by atoms with Gasteiger partial charge in [-0.05, 0) is 37.1 Å². The van der Waals surface area contributed by atoms with Gasteiger partial charge >= 0.3 is 0 Å². The minimum atomic E-state index is -1.41. The highest BCUT2D eigenvalue weighted by Crippen LogP contribution is 2.35. The summed E-state index contributed by atoms with van der Waals surface area (Å²) in [6.07, 6.45) is -1.41. The molecule has 2 nitrogen and oxygen atoms in total. The topological polar surface area (TPSA) is 29.5 Å². The monoisotopic (exact) mass is 278 g/mol. The van der Waals surface area contributed by atoms with Crippen molar-refractivity contribution < 1.29 is 18.6 Å². The van der Waals surface area contributed by atoms with E-state index in [-0.39, 0.29) is 5.56 Å². The zero-order valence-electron chi connectivity index (χ0n) is 11.6. The summed E-state index contributed by atoms with van der Waals surface area (Å²) in [5.74, 6) is -1.12. The number of hydrogen-bond acceptors (Lipinski definition) is 2. The highest BCUT2D eigenvalue weighted by atomic mass is 19.1. The summed E-state index contributed by atoms with van der Waals surface area (Å²) in [6, 6.07) is 6.91. The number of rotatable bonds is 3. The van der Waals surface area contributed by atoms with Crippen LogP contribution in [0.1, 0.15) is 28.4 Å². The first-order valence-corrected chi connectivity index (χ1v) is 6.23. The Kier molecular flexibility index (Phi) is 4.04. The first kappa shape index (κ1) is 14.5. The first-order chi connectivity index (χ1) is 9.47. The molecule has 2 aromatic rings. The fourth-order valence-corrected chi connectivity index (χ4v) is 2.22. The van der Waals surface area contributed by atoms with Gasteiger partial charge in [0.2, 0.25) is 0 Å². The van der Waals surface area contributed by atoms with Gasteiger partial charge in [0, 0.05) is 5.56 Å². The van der Waals surface area contributed by atoms with Gasteiger partial charge in [0.15, 0.2) is 0 Å². The molecule has 0 aliphatic carbocycles. The van der Waals surface area contributed by atoms with Crippen molar-refractivity contribution in [2.24, 2.45) is 0 Å². The van der Waals surface area contributed by atoms with E-state index in [0.717, 1.165) is 23.3 Å². The van der Waals surface area contributed by atoms with E-state index in [2.05, 4.69) is 0 Å². The molecule has 0 spiro atoms. The second-order valence-corrected chi connectivity index (χ2v) is 4.67. The van der Waals surface area contributed by atoms with Crippen LogP contribution in [0.2, 0.25) is 0 Å². The third-order valence-corrected chi connectivity index (χ3v) is 3.48. The second-order valence-electron chi connectivity index (χ2n) is 4.67. The molecule has 4 heteroatoms. The molecule has 2 aromatic carbocycles. The molecular weight excluding hydrogens is 262 g/mol. The standard InChI is InChI=1S/C16H16F2O2/c1-9-7-8-11(16(20-3)10(9)2)15(19)14-12(17)5-4-6-13(14)18/h4-8,15,19H,1-3H3. The molecular formula is C16H16F2O2. The summed E-state index contributed by atoms with van der Waals surface area (Å²) in [4.78, 5) is 0. The average molecular weight is 278 g/mol. The first-order valence-electron chi connectivity index (χ1n) is 6.23. The fourth-order valence-electron chi connectivity index (χ4n) is 2.22. The minimum absolute atomic E-state index is 0.347. The fraction of sp³-hybridized carbons (Fsp3) is 0.250. The molecule has 0 saturated carbocycles. The smallest absolute Gasteiger partial charge is 0.132 e. The van der Waals surface area contributed by atoms with Crippen LogP contribution < -0.4 is 4.74 Å². The van der Waals surface area contributed by atoms with Crippen molar-refractivity contribution in [3.63, 3.8) is 0 Å². The Labute approximate surface area is 116 Å². The van der Waals surface area contributed by atoms with Crippen LogP contribution in [0.25, 0.3) is 0 Å². The molecule has 106 valence electrons. The molecule has 1 atom stereocenters. The van der Waals surface area contributed by atoms with Gasteiger partial charge in [-0.2, -0.15) is 0 Å². The minimum Gasteiger partial charge on any atom is -0.496 e. The Morgan fingerprint density at radius 2 is 1.65 bits per heavy atom. The summed E-state index contributed by atoms with van der Waals surface area (Å²) < 4.78 is 32.8. The largest absolute Gasteiger partial charge is 0.496 e. The number of ether oxygens (including phenoxy) is 1. The molecule has 0 radical (unpaired) electrons. The number of benzene rings is 2. The lowest BCUT2D eigenvalue weighted by atomic mass is 9.95. The predicted octanol–water partition coefficient (Wildman–Crippen LogP) is 3.67. The average Bonchev–Trinajstić information content (AvgIpc) is 2.41. The van der Waals surface area contributed by atoms with Crippen molar-refractivity contribution in [2.75, 3.05) is 7.11 Å². The second kappa shape index (κ2) is 5.59. The van der Waals surface area contributed by atoms with E-state index in [4.69, 9.17) is 4.74 Å². The third kappa shape index (κ3) is 2.39. The van der Waals surface area contributed by atoms with Gasteiger partial charge in [-0.1, -0.05) is 18.2 Å². The Morgan fingerprint density at radius 3 is 2.20 bits per heavy atom. The zero-order valence-corrected chi connectivity index (χ0v) is 11.6. The van der Waals surface area contributed by atoms with E-state index in [1.807, 2.05) is 13.8 Å². The van der Waals surface area contributed by atoms with Crippen LogP contribution >= 0.6 is 0 Å². The number of hydrogen-bond donors (Lipinski definition) is 1. The quantitative estimate of drug-likeness (QED) is 0.928. The van der Waals surface area contributed by atoms with E-state index >= 15 is 0 Å². The highest BCUT2D eigenvalue weighted by molar-refractivity contribution is 5.49. The van der Waals surface area contributed by atoms with Crippen LogP contribution in [0, 0.1) is 25.5 Å². The van der Waals surface area contributed by atoms with Gasteiger partial charge in [-0.15, -0.1) is 0 Å². The van der Waals surface area contributed by atoms with E-state index in [1.54, 1.807) is 12.1 Å². The maximum atomic E-state index is 13.8. The highest BCUT2D eigenvalue weighted by Gasteiger charge is 2.23. The van der Waals surface area contributed by atoms with Crippen LogP contribution in [0.3, 0.4) is 0 Å². The van der Waals surface area contributed by atoms with Gasteiger partial charge in [0.05, 0.1) is 12.7 Å². The molecule has 0 bridgehead atoms. The van der Waals surface area contributed by atoms with Gasteiger partial charge in [0.25, 0.3) is 0 Å². The Bertz CT molecular complexity index is 618. The van der Waals surface area contributed by atoms with E-state index in [0.29, 0.717) is 11.3 Å². The summed E-state index contributed by atoms with van der Waals surface area (Å²) in [5.41, 5.74) is 1.79. The lowest BCUT2D eigenvalue weighted by molar-refractivity contribution is 0.203. The van der Waals surface area contributed by atoms with E-state index < -0.39 is 17.7 Å². The third-order valence-electron chi connectivity index (χ3n) is 3.48. The molecule has 0 fully saturated rings. The van der Waals surface area contributed by atoms with Crippen molar-refractivity contribution in [3.8, 4) is 5.75 Å². The van der Waals surface area contributed by atoms with Crippen molar-refractivity contribution in [3.05, 3.63) is 64.2 Å². The molecule has 0 saturated heterocycles. The number of aliphatic hydroxyl groups excluding tert-OH is 1. The van der Waals surface area contributed by atoms with Crippen molar-refractivity contribution in [1.29, 1.82) is 0 Å². The van der Waals surface area contributed by atoms with Crippen LogP contribution in [-0.4, -0.2) is 12.2 Å². The van der Waals surface area contributed by atoms with Crippen molar-refractivity contribution in [1.82, 2.24) is 0 Å². The number of aryl methyl sites for hydroxylation is 1. The van der Waals surface area contributed by atoms with Crippen LogP contribution in [0.5, 0.6) is 5.75 Å². The van der Waals surface area contributed by atoms with Crippen LogP contribution in [0.15, 0.2) is 30.3 Å². The summed E-state index contributed by atoms with van der Waals surface area (Å²) in [6.45, 7) is 3.74. The maximum absolute atomic E-state index is 13.8. The summed E-state index contributed by atoms with van der Waals surface area (Å²) >= 11 is 0. The van der Waals surface area contributed by atoms with Gasteiger partial charge < -0.3 is 9.84 Å². The number of halogens is 2. The molecule has 20 heavy (non-hydrogen) atoms. The van der Waals surface area contributed by atoms with Gasteiger partial charge in [0.1, 0.15) is 23.5 Å². The van der Waals surface area contributed by atoms with Gasteiger partial charge in [-0.3, -0.25) is 0 Å². The normalized spacial score (nSPS) is 12.3. The molecule has 2 rings (SSSR count). The Balaban J connectivity index is 2.60. The van der Waals surface area contributed by atoms with E-state index in [9.17, 15) is 13.9 Å².